The number of amides is 1. The highest BCUT2D eigenvalue weighted by atomic mass is 19.1. The van der Waals surface area contributed by atoms with Crippen molar-refractivity contribution in [2.75, 3.05) is 0 Å². The minimum Gasteiger partial charge on any atom is -0.349 e. The molecule has 0 fully saturated rings. The summed E-state index contributed by atoms with van der Waals surface area (Å²) in [6.07, 6.45) is 7.03. The Hall–Kier alpha value is -1.71. The van der Waals surface area contributed by atoms with Gasteiger partial charge < -0.3 is 5.32 Å². The fourth-order valence-corrected chi connectivity index (χ4v) is 1.55. The number of rotatable bonds is 2. The fraction of sp³-hybridized carbons (Fsp3) is 0.273. The van der Waals surface area contributed by atoms with Gasteiger partial charge in [0.2, 0.25) is 5.95 Å². The first-order valence-electron chi connectivity index (χ1n) is 4.83. The van der Waals surface area contributed by atoms with Gasteiger partial charge in [-0.3, -0.25) is 4.79 Å². The number of carbonyl (C=O) groups is 1. The Labute approximate surface area is 87.0 Å². The van der Waals surface area contributed by atoms with E-state index in [2.05, 4.69) is 10.3 Å². The second kappa shape index (κ2) is 4.21. The van der Waals surface area contributed by atoms with Crippen LogP contribution in [0.15, 0.2) is 30.5 Å². The third kappa shape index (κ3) is 2.40. The molecule has 3 nitrogen and oxygen atoms in total. The van der Waals surface area contributed by atoms with Gasteiger partial charge in [-0.05, 0) is 18.9 Å². The number of aromatic nitrogens is 1. The molecule has 1 aliphatic rings. The van der Waals surface area contributed by atoms with Gasteiger partial charge in [0.05, 0.1) is 0 Å². The van der Waals surface area contributed by atoms with E-state index in [0.29, 0.717) is 5.56 Å². The van der Waals surface area contributed by atoms with Crippen LogP contribution in [0.2, 0.25) is 0 Å². The largest absolute Gasteiger partial charge is 0.349 e. The van der Waals surface area contributed by atoms with Crippen molar-refractivity contribution in [3.63, 3.8) is 0 Å². The van der Waals surface area contributed by atoms with Gasteiger partial charge in [0.25, 0.3) is 5.91 Å². The average molecular weight is 206 g/mol. The maximum atomic E-state index is 12.7. The van der Waals surface area contributed by atoms with Gasteiger partial charge in [0.15, 0.2) is 0 Å². The first-order chi connectivity index (χ1) is 7.25. The molecule has 0 bridgehead atoms. The molecule has 0 saturated carbocycles. The summed E-state index contributed by atoms with van der Waals surface area (Å²) >= 11 is 0. The summed E-state index contributed by atoms with van der Waals surface area (Å²) in [6, 6.07) is 2.78. The average Bonchev–Trinajstić information content (AvgIpc) is 2.70. The predicted molar refractivity (Wildman–Crippen MR) is 53.8 cm³/mol. The smallest absolute Gasteiger partial charge is 0.251 e. The van der Waals surface area contributed by atoms with Gasteiger partial charge in [-0.2, -0.15) is 4.39 Å². The van der Waals surface area contributed by atoms with E-state index in [9.17, 15) is 9.18 Å². The molecule has 78 valence electrons. The van der Waals surface area contributed by atoms with Crippen LogP contribution in [0, 0.1) is 5.95 Å². The minimum absolute atomic E-state index is 0.147. The summed E-state index contributed by atoms with van der Waals surface area (Å²) in [6.45, 7) is 0. The van der Waals surface area contributed by atoms with Crippen molar-refractivity contribution in [3.05, 3.63) is 42.0 Å². The van der Waals surface area contributed by atoms with Gasteiger partial charge in [0, 0.05) is 23.9 Å². The van der Waals surface area contributed by atoms with Crippen LogP contribution in [0.25, 0.3) is 0 Å². The topological polar surface area (TPSA) is 42.0 Å². The van der Waals surface area contributed by atoms with E-state index in [1.165, 1.54) is 12.3 Å². The van der Waals surface area contributed by atoms with Crippen LogP contribution in [0.1, 0.15) is 23.2 Å². The van der Waals surface area contributed by atoms with Crippen LogP contribution in [0.5, 0.6) is 0 Å². The van der Waals surface area contributed by atoms with Crippen molar-refractivity contribution in [2.24, 2.45) is 0 Å². The molecular formula is C11H11FN2O. The second-order valence-electron chi connectivity index (χ2n) is 3.48. The fourth-order valence-electron chi connectivity index (χ4n) is 1.55. The number of hydrogen-bond acceptors (Lipinski definition) is 2. The Kier molecular flexibility index (Phi) is 2.76. The van der Waals surface area contributed by atoms with E-state index in [0.717, 1.165) is 18.9 Å². The molecule has 0 aliphatic heterocycles. The van der Waals surface area contributed by atoms with Gasteiger partial charge >= 0.3 is 0 Å². The van der Waals surface area contributed by atoms with Gasteiger partial charge in [-0.15, -0.1) is 0 Å². The molecule has 0 atom stereocenters. The molecule has 0 spiro atoms. The Balaban J connectivity index is 2.01. The van der Waals surface area contributed by atoms with Crippen LogP contribution >= 0.6 is 0 Å². The molecule has 0 saturated heterocycles. The Morgan fingerprint density at radius 2 is 2.20 bits per heavy atom. The van der Waals surface area contributed by atoms with Crippen molar-refractivity contribution in [1.82, 2.24) is 10.3 Å². The van der Waals surface area contributed by atoms with E-state index < -0.39 is 5.95 Å². The van der Waals surface area contributed by atoms with Crippen LogP contribution < -0.4 is 5.32 Å². The molecule has 2 rings (SSSR count). The zero-order chi connectivity index (χ0) is 10.7. The number of halogens is 1. The molecule has 0 unspecified atom stereocenters. The second-order valence-corrected chi connectivity index (χ2v) is 3.48. The van der Waals surface area contributed by atoms with E-state index >= 15 is 0 Å². The molecular weight excluding hydrogens is 195 g/mol. The zero-order valence-corrected chi connectivity index (χ0v) is 8.11. The molecule has 0 aromatic carbocycles. The zero-order valence-electron chi connectivity index (χ0n) is 8.11. The first kappa shape index (κ1) is 9.83. The Morgan fingerprint density at radius 1 is 1.47 bits per heavy atom. The molecule has 4 heteroatoms. The van der Waals surface area contributed by atoms with E-state index in [4.69, 9.17) is 0 Å². The number of carbonyl (C=O) groups excluding carboxylic acids is 1. The molecule has 1 aromatic rings. The molecule has 1 aromatic heterocycles. The molecule has 0 radical (unpaired) electrons. The quantitative estimate of drug-likeness (QED) is 0.590. The summed E-state index contributed by atoms with van der Waals surface area (Å²) in [5, 5.41) is 2.83. The highest BCUT2D eigenvalue weighted by Gasteiger charge is 2.14. The lowest BCUT2D eigenvalue weighted by molar-refractivity contribution is 0.0938. The molecule has 1 amide bonds. The van der Waals surface area contributed by atoms with Crippen LogP contribution in [-0.4, -0.2) is 16.9 Å². The van der Waals surface area contributed by atoms with Gasteiger partial charge in [-0.1, -0.05) is 12.2 Å². The summed E-state index contributed by atoms with van der Waals surface area (Å²) in [5.74, 6) is -0.878. The van der Waals surface area contributed by atoms with Crippen molar-refractivity contribution in [2.45, 2.75) is 18.9 Å². The first-order valence-corrected chi connectivity index (χ1v) is 4.83. The van der Waals surface area contributed by atoms with Crippen LogP contribution in [0.3, 0.4) is 0 Å². The molecule has 15 heavy (non-hydrogen) atoms. The monoisotopic (exact) mass is 206 g/mol. The predicted octanol–water partition coefficient (Wildman–Crippen LogP) is 1.67. The van der Waals surface area contributed by atoms with Crippen LogP contribution in [-0.2, 0) is 0 Å². The van der Waals surface area contributed by atoms with Crippen LogP contribution in [0.4, 0.5) is 4.39 Å². The summed E-state index contributed by atoms with van der Waals surface area (Å²) < 4.78 is 12.7. The maximum Gasteiger partial charge on any atom is 0.251 e. The standard InChI is InChI=1S/C11H11FN2O/c12-10-7-8(5-6-13-10)11(15)14-9-3-1-2-4-9/h1-2,5-7,9H,3-4H2,(H,14,15). The highest BCUT2D eigenvalue weighted by molar-refractivity contribution is 5.94. The molecule has 1 N–H and O–H groups in total. The third-order valence-electron chi connectivity index (χ3n) is 2.33. The molecule has 1 heterocycles. The number of nitrogens with one attached hydrogen (secondary N) is 1. The molecule has 1 aliphatic carbocycles. The van der Waals surface area contributed by atoms with E-state index in [1.54, 1.807) is 0 Å². The lowest BCUT2D eigenvalue weighted by atomic mass is 10.2. The highest BCUT2D eigenvalue weighted by Crippen LogP contribution is 2.10. The van der Waals surface area contributed by atoms with Crippen molar-refractivity contribution >= 4 is 5.91 Å². The van der Waals surface area contributed by atoms with Gasteiger partial charge in [-0.25, -0.2) is 4.98 Å². The lowest BCUT2D eigenvalue weighted by Crippen LogP contribution is -2.32. The lowest BCUT2D eigenvalue weighted by Gasteiger charge is -2.11. The van der Waals surface area contributed by atoms with Crippen molar-refractivity contribution in [1.29, 1.82) is 0 Å². The number of hydrogen-bond donors (Lipinski definition) is 1. The Bertz CT molecular complexity index is 395. The summed E-state index contributed by atoms with van der Waals surface area (Å²) in [4.78, 5) is 15.0. The number of pyridine rings is 1. The van der Waals surface area contributed by atoms with Crippen molar-refractivity contribution in [3.8, 4) is 0 Å². The Morgan fingerprint density at radius 3 is 2.87 bits per heavy atom. The summed E-state index contributed by atoms with van der Waals surface area (Å²) in [7, 11) is 0. The maximum absolute atomic E-state index is 12.7. The van der Waals surface area contributed by atoms with Gasteiger partial charge in [0.1, 0.15) is 0 Å². The normalized spacial score (nSPS) is 15.5. The SMILES string of the molecule is O=C(NC1CC=CC1)c1ccnc(F)c1. The van der Waals surface area contributed by atoms with E-state index in [1.807, 2.05) is 12.2 Å². The summed E-state index contributed by atoms with van der Waals surface area (Å²) in [5.41, 5.74) is 0.314. The minimum atomic E-state index is -0.632. The van der Waals surface area contributed by atoms with Crippen molar-refractivity contribution < 1.29 is 9.18 Å². The third-order valence-corrected chi connectivity index (χ3v) is 2.33. The van der Waals surface area contributed by atoms with E-state index in [-0.39, 0.29) is 11.9 Å². The number of nitrogens with zero attached hydrogens (tertiary/aromatic N) is 1.